The van der Waals surface area contributed by atoms with Gasteiger partial charge in [0.25, 0.3) is 0 Å². The second-order valence-electron chi connectivity index (χ2n) is 6.18. The molecule has 0 bridgehead atoms. The maximum atomic E-state index is 5.71. The highest BCUT2D eigenvalue weighted by molar-refractivity contribution is 5.90. The van der Waals surface area contributed by atoms with Crippen LogP contribution >= 0.6 is 0 Å². The fraction of sp³-hybridized carbons (Fsp3) is 0.250. The van der Waals surface area contributed by atoms with Gasteiger partial charge in [-0.05, 0) is 25.0 Å². The highest BCUT2D eigenvalue weighted by Crippen LogP contribution is 2.37. The zero-order valence-electron chi connectivity index (χ0n) is 16.0. The molecule has 3 aromatic rings. The van der Waals surface area contributed by atoms with E-state index in [1.165, 1.54) is 22.3 Å². The van der Waals surface area contributed by atoms with E-state index in [0.717, 1.165) is 5.69 Å². The van der Waals surface area contributed by atoms with Gasteiger partial charge in [-0.1, -0.05) is 78.9 Å². The van der Waals surface area contributed by atoms with Gasteiger partial charge >= 0.3 is 0 Å². The number of nitrogens with one attached hydrogen (secondary N) is 1. The van der Waals surface area contributed by atoms with Gasteiger partial charge in [0.1, 0.15) is 0 Å². The van der Waals surface area contributed by atoms with Crippen LogP contribution in [0.4, 0.5) is 5.69 Å². The van der Waals surface area contributed by atoms with Gasteiger partial charge < -0.3 is 14.8 Å². The maximum Gasteiger partial charge on any atom is 0.174 e. The molecular formula is C24H27NO2. The molecule has 3 rings (SSSR count). The van der Waals surface area contributed by atoms with Crippen LogP contribution < -0.4 is 5.32 Å². The largest absolute Gasteiger partial charge is 0.379 e. The Balaban J connectivity index is 1.99. The Morgan fingerprint density at radius 1 is 0.667 bits per heavy atom. The van der Waals surface area contributed by atoms with Crippen molar-refractivity contribution in [2.24, 2.45) is 0 Å². The van der Waals surface area contributed by atoms with E-state index >= 15 is 0 Å². The Labute approximate surface area is 162 Å². The third kappa shape index (κ3) is 4.97. The predicted octanol–water partition coefficient (Wildman–Crippen LogP) is 5.83. The molecule has 1 N–H and O–H groups in total. The smallest absolute Gasteiger partial charge is 0.174 e. The minimum atomic E-state index is -0.271. The Kier molecular flexibility index (Phi) is 7.03. The third-order valence-electron chi connectivity index (χ3n) is 4.38. The van der Waals surface area contributed by atoms with E-state index in [1.54, 1.807) is 0 Å². The van der Waals surface area contributed by atoms with Crippen LogP contribution in [0, 0.1) is 0 Å². The van der Waals surface area contributed by atoms with Gasteiger partial charge in [0, 0.05) is 24.3 Å². The average molecular weight is 361 g/mol. The van der Waals surface area contributed by atoms with Gasteiger partial charge in [0.2, 0.25) is 0 Å². The molecule has 0 amide bonds. The normalized spacial score (nSPS) is 10.9. The molecule has 0 atom stereocenters. The Morgan fingerprint density at radius 2 is 1.15 bits per heavy atom. The van der Waals surface area contributed by atoms with Crippen LogP contribution in [0.5, 0.6) is 0 Å². The van der Waals surface area contributed by atoms with E-state index in [4.69, 9.17) is 9.47 Å². The van der Waals surface area contributed by atoms with Gasteiger partial charge in [-0.15, -0.1) is 0 Å². The Hall–Kier alpha value is -2.62. The molecule has 0 radical (unpaired) electrons. The lowest BCUT2D eigenvalue weighted by Crippen LogP contribution is -2.26. The molecule has 0 aromatic heterocycles. The third-order valence-corrected chi connectivity index (χ3v) is 4.38. The first-order valence-electron chi connectivity index (χ1n) is 9.54. The zero-order chi connectivity index (χ0) is 18.9. The van der Waals surface area contributed by atoms with Crippen molar-refractivity contribution in [1.82, 2.24) is 0 Å². The fourth-order valence-corrected chi connectivity index (χ4v) is 3.18. The second kappa shape index (κ2) is 9.91. The van der Waals surface area contributed by atoms with Crippen LogP contribution in [0.25, 0.3) is 22.3 Å². The number of para-hydroxylation sites is 1. The highest BCUT2D eigenvalue weighted by atomic mass is 16.7. The molecule has 0 unspecified atom stereocenters. The van der Waals surface area contributed by atoms with Gasteiger partial charge in [0.15, 0.2) is 6.29 Å². The predicted molar refractivity (Wildman–Crippen MR) is 113 cm³/mol. The van der Waals surface area contributed by atoms with Crippen LogP contribution in [0.2, 0.25) is 0 Å². The topological polar surface area (TPSA) is 30.5 Å². The summed E-state index contributed by atoms with van der Waals surface area (Å²) in [5.74, 6) is 0. The monoisotopic (exact) mass is 361 g/mol. The van der Waals surface area contributed by atoms with E-state index in [1.807, 2.05) is 26.0 Å². The van der Waals surface area contributed by atoms with Crippen LogP contribution in [0.15, 0.2) is 78.9 Å². The first-order valence-corrected chi connectivity index (χ1v) is 9.54. The number of ether oxygens (including phenoxy) is 2. The first kappa shape index (κ1) is 19.2. The molecule has 0 heterocycles. The minimum Gasteiger partial charge on any atom is -0.379 e. The molecular weight excluding hydrogens is 334 g/mol. The quantitative estimate of drug-likeness (QED) is 0.486. The maximum absolute atomic E-state index is 5.71. The van der Waals surface area contributed by atoms with E-state index in [-0.39, 0.29) is 6.29 Å². The summed E-state index contributed by atoms with van der Waals surface area (Å²) in [7, 11) is 0. The lowest BCUT2D eigenvalue weighted by Gasteiger charge is -2.22. The summed E-state index contributed by atoms with van der Waals surface area (Å²) in [6.07, 6.45) is -0.271. The molecule has 27 heavy (non-hydrogen) atoms. The molecule has 0 fully saturated rings. The van der Waals surface area contributed by atoms with Gasteiger partial charge in [0.05, 0.1) is 12.2 Å². The summed E-state index contributed by atoms with van der Waals surface area (Å²) in [6, 6.07) is 27.3. The zero-order valence-corrected chi connectivity index (χ0v) is 16.0. The lowest BCUT2D eigenvalue weighted by molar-refractivity contribution is -0.126. The lowest BCUT2D eigenvalue weighted by atomic mass is 9.96. The number of hydrogen-bond acceptors (Lipinski definition) is 3. The van der Waals surface area contributed by atoms with Crippen molar-refractivity contribution in [3.63, 3.8) is 0 Å². The van der Waals surface area contributed by atoms with E-state index in [0.29, 0.717) is 19.8 Å². The molecule has 0 aliphatic carbocycles. The Bertz CT molecular complexity index is 755. The van der Waals surface area contributed by atoms with Crippen molar-refractivity contribution < 1.29 is 9.47 Å². The summed E-state index contributed by atoms with van der Waals surface area (Å²) >= 11 is 0. The summed E-state index contributed by atoms with van der Waals surface area (Å²) < 4.78 is 11.4. The van der Waals surface area contributed by atoms with Crippen molar-refractivity contribution in [3.8, 4) is 22.3 Å². The molecule has 3 heteroatoms. The van der Waals surface area contributed by atoms with Crippen LogP contribution in [-0.4, -0.2) is 26.0 Å². The SMILES string of the molecule is CCOC(CNc1c(-c2ccccc2)cccc1-c1ccccc1)OCC. The summed E-state index contributed by atoms with van der Waals surface area (Å²) in [6.45, 7) is 5.81. The number of hydrogen-bond donors (Lipinski definition) is 1. The molecule has 0 aliphatic rings. The van der Waals surface area contributed by atoms with Crippen LogP contribution in [0.1, 0.15) is 13.8 Å². The summed E-state index contributed by atoms with van der Waals surface area (Å²) in [5, 5.41) is 3.60. The number of anilines is 1. The average Bonchev–Trinajstić information content (AvgIpc) is 2.73. The Morgan fingerprint density at radius 3 is 1.59 bits per heavy atom. The molecule has 0 saturated carbocycles. The first-order chi connectivity index (χ1) is 13.3. The van der Waals surface area contributed by atoms with Crippen molar-refractivity contribution in [3.05, 3.63) is 78.9 Å². The van der Waals surface area contributed by atoms with Gasteiger partial charge in [-0.25, -0.2) is 0 Å². The van der Waals surface area contributed by atoms with Gasteiger partial charge in [-0.2, -0.15) is 0 Å². The molecule has 140 valence electrons. The molecule has 0 saturated heterocycles. The van der Waals surface area contributed by atoms with Crippen LogP contribution in [-0.2, 0) is 9.47 Å². The summed E-state index contributed by atoms with van der Waals surface area (Å²) in [5.41, 5.74) is 5.80. The molecule has 3 aromatic carbocycles. The minimum absolute atomic E-state index is 0.271. The van der Waals surface area contributed by atoms with E-state index < -0.39 is 0 Å². The molecule has 0 spiro atoms. The fourth-order valence-electron chi connectivity index (χ4n) is 3.18. The van der Waals surface area contributed by atoms with Crippen molar-refractivity contribution >= 4 is 5.69 Å². The van der Waals surface area contributed by atoms with Crippen LogP contribution in [0.3, 0.4) is 0 Å². The summed E-state index contributed by atoms with van der Waals surface area (Å²) in [4.78, 5) is 0. The van der Waals surface area contributed by atoms with Crippen molar-refractivity contribution in [1.29, 1.82) is 0 Å². The van der Waals surface area contributed by atoms with Crippen molar-refractivity contribution in [2.45, 2.75) is 20.1 Å². The molecule has 3 nitrogen and oxygen atoms in total. The van der Waals surface area contributed by atoms with E-state index in [9.17, 15) is 0 Å². The number of rotatable bonds is 9. The number of benzene rings is 3. The standard InChI is InChI=1S/C24H27NO2/c1-3-26-23(27-4-2)18-25-24-21(19-12-7-5-8-13-19)16-11-17-22(24)20-14-9-6-10-15-20/h5-17,23,25H,3-4,18H2,1-2H3. The van der Waals surface area contributed by atoms with Gasteiger partial charge in [-0.3, -0.25) is 0 Å². The molecule has 0 aliphatic heterocycles. The van der Waals surface area contributed by atoms with Crippen molar-refractivity contribution in [2.75, 3.05) is 25.1 Å². The second-order valence-corrected chi connectivity index (χ2v) is 6.18. The van der Waals surface area contributed by atoms with E-state index in [2.05, 4.69) is 72.0 Å². The highest BCUT2D eigenvalue weighted by Gasteiger charge is 2.14.